The van der Waals surface area contributed by atoms with Gasteiger partial charge in [0.15, 0.2) is 0 Å². The van der Waals surface area contributed by atoms with E-state index in [1.807, 2.05) is 0 Å². The largest absolute Gasteiger partial charge is 0.393 e. The summed E-state index contributed by atoms with van der Waals surface area (Å²) in [5.74, 6) is -0.432. The van der Waals surface area contributed by atoms with E-state index >= 15 is 0 Å². The van der Waals surface area contributed by atoms with E-state index in [4.69, 9.17) is 9.88 Å². The van der Waals surface area contributed by atoms with Crippen LogP contribution in [0.1, 0.15) is 55.6 Å². The van der Waals surface area contributed by atoms with Gasteiger partial charge in [0.25, 0.3) is 0 Å². The van der Waals surface area contributed by atoms with E-state index in [2.05, 4.69) is 38.4 Å². The lowest BCUT2D eigenvalue weighted by Gasteiger charge is -2.19. The number of aliphatic hydroxyl groups is 1. The molecule has 1 saturated heterocycles. The van der Waals surface area contributed by atoms with Crippen LogP contribution in [0.2, 0.25) is 0 Å². The van der Waals surface area contributed by atoms with E-state index in [9.17, 15) is 18.3 Å². The number of carbonyl (C=O) groups is 1. The minimum atomic E-state index is -4.09. The van der Waals surface area contributed by atoms with Crippen molar-refractivity contribution in [2.24, 2.45) is 11.1 Å². The Balaban J connectivity index is 1.41. The second kappa shape index (κ2) is 9.66. The highest BCUT2D eigenvalue weighted by atomic mass is 32.2. The Bertz CT molecular complexity index is 1140. The Morgan fingerprint density at radius 3 is 2.91 bits per heavy atom. The Hall–Kier alpha value is -2.45. The summed E-state index contributed by atoms with van der Waals surface area (Å²) in [5.41, 5.74) is 0.376. The summed E-state index contributed by atoms with van der Waals surface area (Å²) in [6.45, 7) is 4.48. The first-order valence-corrected chi connectivity index (χ1v) is 12.6. The zero-order chi connectivity index (χ0) is 24.5. The van der Waals surface area contributed by atoms with E-state index in [1.54, 1.807) is 16.9 Å². The van der Waals surface area contributed by atoms with E-state index < -0.39 is 22.3 Å². The Kier molecular flexibility index (Phi) is 7.01. The first-order chi connectivity index (χ1) is 16.0. The lowest BCUT2D eigenvalue weighted by Crippen LogP contribution is -2.24. The number of ether oxygens (including phenoxy) is 1. The van der Waals surface area contributed by atoms with Crippen LogP contribution in [0.4, 0.5) is 5.82 Å². The molecular weight excluding hydrogens is 464 g/mol. The van der Waals surface area contributed by atoms with Crippen molar-refractivity contribution in [2.75, 3.05) is 11.9 Å². The maximum absolute atomic E-state index is 13.2. The molecule has 0 unspecified atom stereocenters. The molecule has 1 aliphatic heterocycles. The molecule has 0 bridgehead atoms. The molecule has 1 aliphatic carbocycles. The summed E-state index contributed by atoms with van der Waals surface area (Å²) >= 11 is 0. The molecule has 13 heteroatoms. The van der Waals surface area contributed by atoms with Crippen LogP contribution >= 0.6 is 0 Å². The number of anilines is 1. The van der Waals surface area contributed by atoms with Crippen molar-refractivity contribution in [1.82, 2.24) is 19.7 Å². The van der Waals surface area contributed by atoms with Crippen LogP contribution < -0.4 is 10.5 Å². The average Bonchev–Trinajstić information content (AvgIpc) is 3.45. The van der Waals surface area contributed by atoms with E-state index in [0.29, 0.717) is 25.2 Å². The molecule has 0 spiro atoms. The van der Waals surface area contributed by atoms with Gasteiger partial charge in [0, 0.05) is 24.4 Å². The standard InChI is InChI=1S/C21H30N6O6S/c1-21(2)5-3-15(33-21)10-27-6-4-17(26-27)19(29)16-9-23-12-24-20(16)25-14-7-13(18(28)8-14)11-32-34(22,30)31/h4,6,9,12-15,18,28H,3,5,7-8,10-11H2,1-2H3,(H2,22,30,31)(H,23,24,25)/t13-,14-,15-,18+/m1/s1. The van der Waals surface area contributed by atoms with Crippen molar-refractivity contribution in [3.63, 3.8) is 0 Å². The summed E-state index contributed by atoms with van der Waals surface area (Å²) in [5, 5.41) is 22.7. The highest BCUT2D eigenvalue weighted by Gasteiger charge is 2.35. The highest BCUT2D eigenvalue weighted by molar-refractivity contribution is 7.84. The lowest BCUT2D eigenvalue weighted by atomic mass is 10.1. The molecule has 4 atom stereocenters. The number of nitrogens with zero attached hydrogens (tertiary/aromatic N) is 4. The van der Waals surface area contributed by atoms with Gasteiger partial charge in [-0.1, -0.05) is 0 Å². The fourth-order valence-corrected chi connectivity index (χ4v) is 4.89. The summed E-state index contributed by atoms with van der Waals surface area (Å²) in [4.78, 5) is 21.3. The number of hydrogen-bond donors (Lipinski definition) is 3. The molecule has 0 aromatic carbocycles. The van der Waals surface area contributed by atoms with Crippen molar-refractivity contribution >= 4 is 21.9 Å². The summed E-state index contributed by atoms with van der Waals surface area (Å²) < 4.78 is 34.4. The van der Waals surface area contributed by atoms with Gasteiger partial charge in [-0.3, -0.25) is 13.7 Å². The van der Waals surface area contributed by atoms with E-state index in [-0.39, 0.29) is 41.4 Å². The quantitative estimate of drug-likeness (QED) is 0.420. The third-order valence-corrected chi connectivity index (χ3v) is 6.68. The average molecular weight is 495 g/mol. The van der Waals surface area contributed by atoms with Crippen LogP contribution in [0.3, 0.4) is 0 Å². The van der Waals surface area contributed by atoms with E-state index in [0.717, 1.165) is 12.8 Å². The van der Waals surface area contributed by atoms with Gasteiger partial charge in [0.1, 0.15) is 17.8 Å². The Morgan fingerprint density at radius 2 is 2.21 bits per heavy atom. The fraction of sp³-hybridized carbons (Fsp3) is 0.619. The number of nitrogens with two attached hydrogens (primary N) is 1. The van der Waals surface area contributed by atoms with Gasteiger partial charge in [-0.05, 0) is 45.6 Å². The van der Waals surface area contributed by atoms with E-state index in [1.165, 1.54) is 12.5 Å². The molecule has 2 fully saturated rings. The first kappa shape index (κ1) is 24.7. The Labute approximate surface area is 198 Å². The van der Waals surface area contributed by atoms with Gasteiger partial charge in [0.05, 0.1) is 36.5 Å². The smallest absolute Gasteiger partial charge is 0.333 e. The maximum atomic E-state index is 13.2. The van der Waals surface area contributed by atoms with Gasteiger partial charge in [-0.25, -0.2) is 15.1 Å². The van der Waals surface area contributed by atoms with Crippen molar-refractivity contribution in [3.8, 4) is 0 Å². The zero-order valence-corrected chi connectivity index (χ0v) is 19.9. The zero-order valence-electron chi connectivity index (χ0n) is 19.1. The third kappa shape index (κ3) is 6.16. The molecule has 3 heterocycles. The van der Waals surface area contributed by atoms with Crippen LogP contribution in [-0.2, 0) is 25.8 Å². The van der Waals surface area contributed by atoms with Crippen LogP contribution in [0, 0.1) is 5.92 Å². The molecule has 4 N–H and O–H groups in total. The molecule has 0 radical (unpaired) electrons. The molecule has 0 amide bonds. The van der Waals surface area contributed by atoms with Crippen LogP contribution in [0.25, 0.3) is 0 Å². The molecule has 2 aromatic heterocycles. The minimum absolute atomic E-state index is 0.0510. The number of ketones is 1. The lowest BCUT2D eigenvalue weighted by molar-refractivity contribution is -0.0230. The molecule has 4 rings (SSSR count). The predicted molar refractivity (Wildman–Crippen MR) is 121 cm³/mol. The Morgan fingerprint density at radius 1 is 1.41 bits per heavy atom. The van der Waals surface area contributed by atoms with Crippen molar-refractivity contribution in [3.05, 3.63) is 36.0 Å². The number of aromatic nitrogens is 4. The third-order valence-electron chi connectivity index (χ3n) is 6.22. The normalized spacial score (nSPS) is 26.6. The summed E-state index contributed by atoms with van der Waals surface area (Å²) in [6, 6.07) is 1.41. The van der Waals surface area contributed by atoms with Crippen LogP contribution in [0.15, 0.2) is 24.8 Å². The molecule has 2 aromatic rings. The molecular formula is C21H30N6O6S. The minimum Gasteiger partial charge on any atom is -0.393 e. The molecule has 2 aliphatic rings. The maximum Gasteiger partial charge on any atom is 0.333 e. The van der Waals surface area contributed by atoms with Gasteiger partial charge >= 0.3 is 10.3 Å². The SMILES string of the molecule is CC1(C)CC[C@H](Cn2ccc(C(=O)c3cncnc3N[C@@H]3C[C@H](COS(N)(=O)=O)[C@@H](O)C3)n2)O1. The van der Waals surface area contributed by atoms with Gasteiger partial charge in [0.2, 0.25) is 5.78 Å². The van der Waals surface area contributed by atoms with Gasteiger partial charge in [-0.15, -0.1) is 0 Å². The van der Waals surface area contributed by atoms with Crippen LogP contribution in [0.5, 0.6) is 0 Å². The number of nitrogens with one attached hydrogen (secondary N) is 1. The number of carbonyl (C=O) groups excluding carboxylic acids is 1. The molecule has 1 saturated carbocycles. The monoisotopic (exact) mass is 494 g/mol. The second-order valence-corrected chi connectivity index (χ2v) is 10.7. The molecule has 12 nitrogen and oxygen atoms in total. The van der Waals surface area contributed by atoms with Crippen molar-refractivity contribution < 1.29 is 27.2 Å². The highest BCUT2D eigenvalue weighted by Crippen LogP contribution is 2.31. The fourth-order valence-electron chi connectivity index (χ4n) is 4.52. The number of hydrogen-bond acceptors (Lipinski definition) is 10. The van der Waals surface area contributed by atoms with Gasteiger partial charge < -0.3 is 15.2 Å². The molecule has 186 valence electrons. The summed E-state index contributed by atoms with van der Waals surface area (Å²) in [7, 11) is -4.09. The van der Waals surface area contributed by atoms with Crippen molar-refractivity contribution in [1.29, 1.82) is 0 Å². The summed E-state index contributed by atoms with van der Waals surface area (Å²) in [6.07, 6.45) is 6.44. The first-order valence-electron chi connectivity index (χ1n) is 11.2. The van der Waals surface area contributed by atoms with Gasteiger partial charge in [-0.2, -0.15) is 13.5 Å². The topological polar surface area (TPSA) is 172 Å². The second-order valence-electron chi connectivity index (χ2n) is 9.49. The molecule has 34 heavy (non-hydrogen) atoms. The number of aliphatic hydroxyl groups excluding tert-OH is 1. The van der Waals surface area contributed by atoms with Crippen LogP contribution in [-0.4, -0.2) is 69.5 Å². The van der Waals surface area contributed by atoms with Crippen molar-refractivity contribution in [2.45, 2.75) is 69.9 Å². The predicted octanol–water partition coefficient (Wildman–Crippen LogP) is 0.633. The number of rotatable bonds is 9.